The van der Waals surface area contributed by atoms with Crippen molar-refractivity contribution in [2.45, 2.75) is 20.0 Å². The zero-order valence-electron chi connectivity index (χ0n) is 8.33. The summed E-state index contributed by atoms with van der Waals surface area (Å²) < 4.78 is 10.5. The van der Waals surface area contributed by atoms with E-state index in [2.05, 4.69) is 29.8 Å². The summed E-state index contributed by atoms with van der Waals surface area (Å²) in [7, 11) is 0. The lowest BCUT2D eigenvalue weighted by Gasteiger charge is -2.09. The summed E-state index contributed by atoms with van der Waals surface area (Å²) in [5.74, 6) is 0.563. The van der Waals surface area contributed by atoms with Crippen LogP contribution in [0.3, 0.4) is 0 Å². The molecule has 13 heavy (non-hydrogen) atoms. The Labute approximate surface area is 88.5 Å². The van der Waals surface area contributed by atoms with Gasteiger partial charge in [-0.1, -0.05) is 29.8 Å². The van der Waals surface area contributed by atoms with Crippen molar-refractivity contribution >= 4 is 15.9 Å². The Morgan fingerprint density at radius 3 is 2.15 bits per heavy atom. The molecule has 0 rings (SSSR count). The van der Waals surface area contributed by atoms with Gasteiger partial charge in [0.1, 0.15) is 0 Å². The smallest absolute Gasteiger partial charge is 0.0870 e. The fourth-order valence-corrected chi connectivity index (χ4v) is 0.888. The number of rotatable bonds is 8. The second-order valence-corrected chi connectivity index (χ2v) is 4.00. The maximum atomic E-state index is 9.09. The van der Waals surface area contributed by atoms with E-state index in [9.17, 15) is 0 Å². The van der Waals surface area contributed by atoms with Crippen molar-refractivity contribution in [1.29, 1.82) is 0 Å². The molecule has 0 bridgehead atoms. The highest BCUT2D eigenvalue weighted by molar-refractivity contribution is 9.09. The Morgan fingerprint density at radius 2 is 1.69 bits per heavy atom. The lowest BCUT2D eigenvalue weighted by Crippen LogP contribution is -2.18. The molecule has 0 aromatic rings. The molecule has 0 spiro atoms. The van der Waals surface area contributed by atoms with Gasteiger partial charge in [-0.25, -0.2) is 0 Å². The predicted octanol–water partition coefficient (Wildman–Crippen LogP) is 1.43. The van der Waals surface area contributed by atoms with Gasteiger partial charge < -0.3 is 14.6 Å². The highest BCUT2D eigenvalue weighted by atomic mass is 79.9. The third kappa shape index (κ3) is 10.3. The highest BCUT2D eigenvalue weighted by Crippen LogP contribution is 1.93. The van der Waals surface area contributed by atoms with Gasteiger partial charge in [0.15, 0.2) is 0 Å². The molecule has 1 atom stereocenters. The Hall–Kier alpha value is 0.360. The summed E-state index contributed by atoms with van der Waals surface area (Å²) in [5, 5.41) is 9.65. The van der Waals surface area contributed by atoms with Crippen molar-refractivity contribution in [3.8, 4) is 0 Å². The van der Waals surface area contributed by atoms with E-state index in [1.165, 1.54) is 0 Å². The van der Waals surface area contributed by atoms with Crippen LogP contribution in [0.5, 0.6) is 0 Å². The van der Waals surface area contributed by atoms with Crippen LogP contribution < -0.4 is 0 Å². The molecule has 0 aliphatic rings. The number of aliphatic hydroxyl groups excluding tert-OH is 1. The summed E-state index contributed by atoms with van der Waals surface area (Å²) in [4.78, 5) is 0. The number of halogens is 1. The first-order valence-corrected chi connectivity index (χ1v) is 5.68. The van der Waals surface area contributed by atoms with E-state index in [1.807, 2.05) is 0 Å². The number of aliphatic hydroxyl groups is 1. The molecule has 1 unspecified atom stereocenters. The number of alkyl halides is 1. The van der Waals surface area contributed by atoms with Gasteiger partial charge in [0.25, 0.3) is 0 Å². The third-order valence-corrected chi connectivity index (χ3v) is 2.06. The summed E-state index contributed by atoms with van der Waals surface area (Å²) in [6.45, 7) is 6.51. The summed E-state index contributed by atoms with van der Waals surface area (Å²) in [6.07, 6.45) is -0.412. The largest absolute Gasteiger partial charge is 0.390 e. The molecule has 0 fully saturated rings. The molecule has 3 nitrogen and oxygen atoms in total. The predicted molar refractivity (Wildman–Crippen MR) is 56.3 cm³/mol. The van der Waals surface area contributed by atoms with E-state index in [1.54, 1.807) is 0 Å². The molecule has 0 aromatic carbocycles. The van der Waals surface area contributed by atoms with Crippen molar-refractivity contribution in [3.63, 3.8) is 0 Å². The van der Waals surface area contributed by atoms with Gasteiger partial charge in [-0.05, 0) is 5.92 Å². The Balaban J connectivity index is 2.99. The molecule has 0 saturated carbocycles. The van der Waals surface area contributed by atoms with Crippen LogP contribution in [0.15, 0.2) is 0 Å². The zero-order valence-corrected chi connectivity index (χ0v) is 9.92. The summed E-state index contributed by atoms with van der Waals surface area (Å²) in [5.41, 5.74) is 0. The maximum Gasteiger partial charge on any atom is 0.0870 e. The van der Waals surface area contributed by atoms with Crippen molar-refractivity contribution in [2.24, 2.45) is 5.92 Å². The minimum Gasteiger partial charge on any atom is -0.390 e. The molecule has 1 N–H and O–H groups in total. The van der Waals surface area contributed by atoms with Crippen molar-refractivity contribution in [2.75, 3.05) is 31.8 Å². The SMILES string of the molecule is CC(C)COCCOCC(O)CBr. The van der Waals surface area contributed by atoms with Crippen LogP contribution in [0.25, 0.3) is 0 Å². The molecule has 80 valence electrons. The highest BCUT2D eigenvalue weighted by Gasteiger charge is 2.00. The summed E-state index contributed by atoms with van der Waals surface area (Å²) in [6, 6.07) is 0. The lowest BCUT2D eigenvalue weighted by atomic mass is 10.2. The number of ether oxygens (including phenoxy) is 2. The van der Waals surface area contributed by atoms with Crippen molar-refractivity contribution < 1.29 is 14.6 Å². The average molecular weight is 255 g/mol. The molecule has 0 amide bonds. The zero-order chi connectivity index (χ0) is 10.1. The van der Waals surface area contributed by atoms with Gasteiger partial charge in [0.2, 0.25) is 0 Å². The van der Waals surface area contributed by atoms with Gasteiger partial charge in [-0.15, -0.1) is 0 Å². The van der Waals surface area contributed by atoms with Crippen LogP contribution in [0.2, 0.25) is 0 Å². The van der Waals surface area contributed by atoms with E-state index in [0.717, 1.165) is 6.61 Å². The third-order valence-electron chi connectivity index (χ3n) is 1.31. The van der Waals surface area contributed by atoms with E-state index in [4.69, 9.17) is 14.6 Å². The van der Waals surface area contributed by atoms with Crippen LogP contribution in [-0.4, -0.2) is 43.0 Å². The Kier molecular flexibility index (Phi) is 9.18. The lowest BCUT2D eigenvalue weighted by molar-refractivity contribution is 0.00613. The first kappa shape index (κ1) is 13.4. The Morgan fingerprint density at radius 1 is 1.15 bits per heavy atom. The fourth-order valence-electron chi connectivity index (χ4n) is 0.701. The van der Waals surface area contributed by atoms with Crippen LogP contribution in [-0.2, 0) is 9.47 Å². The van der Waals surface area contributed by atoms with E-state index in [-0.39, 0.29) is 0 Å². The molecule has 0 saturated heterocycles. The number of hydrogen-bond donors (Lipinski definition) is 1. The molecule has 0 radical (unpaired) electrons. The van der Waals surface area contributed by atoms with E-state index in [0.29, 0.717) is 31.1 Å². The van der Waals surface area contributed by atoms with Crippen LogP contribution >= 0.6 is 15.9 Å². The van der Waals surface area contributed by atoms with Gasteiger partial charge >= 0.3 is 0 Å². The standard InChI is InChI=1S/C9H19BrO3/c1-8(2)6-12-3-4-13-7-9(11)5-10/h8-9,11H,3-7H2,1-2H3. The van der Waals surface area contributed by atoms with E-state index < -0.39 is 6.10 Å². The topological polar surface area (TPSA) is 38.7 Å². The van der Waals surface area contributed by atoms with E-state index >= 15 is 0 Å². The normalized spacial score (nSPS) is 13.6. The molecule has 0 heterocycles. The maximum absolute atomic E-state index is 9.09. The number of hydrogen-bond acceptors (Lipinski definition) is 3. The van der Waals surface area contributed by atoms with Crippen molar-refractivity contribution in [3.05, 3.63) is 0 Å². The molecule has 0 aromatic heterocycles. The first-order valence-electron chi connectivity index (χ1n) is 4.56. The van der Waals surface area contributed by atoms with Gasteiger partial charge in [0.05, 0.1) is 25.9 Å². The van der Waals surface area contributed by atoms with Crippen LogP contribution in [0, 0.1) is 5.92 Å². The summed E-state index contributed by atoms with van der Waals surface area (Å²) >= 11 is 3.16. The molecular formula is C9H19BrO3. The quantitative estimate of drug-likeness (QED) is 0.526. The van der Waals surface area contributed by atoms with Crippen molar-refractivity contribution in [1.82, 2.24) is 0 Å². The second kappa shape index (κ2) is 8.94. The minimum atomic E-state index is -0.412. The van der Waals surface area contributed by atoms with Crippen LogP contribution in [0.1, 0.15) is 13.8 Å². The fraction of sp³-hybridized carbons (Fsp3) is 1.00. The first-order chi connectivity index (χ1) is 6.16. The average Bonchev–Trinajstić information content (AvgIpc) is 2.10. The van der Waals surface area contributed by atoms with Gasteiger partial charge in [-0.2, -0.15) is 0 Å². The Bertz CT molecular complexity index is 109. The molecule has 4 heteroatoms. The molecule has 0 aliphatic carbocycles. The van der Waals surface area contributed by atoms with Crippen LogP contribution in [0.4, 0.5) is 0 Å². The van der Waals surface area contributed by atoms with Gasteiger partial charge in [0, 0.05) is 11.9 Å². The van der Waals surface area contributed by atoms with Gasteiger partial charge in [-0.3, -0.25) is 0 Å². The monoisotopic (exact) mass is 254 g/mol. The second-order valence-electron chi connectivity index (χ2n) is 3.35. The minimum absolute atomic E-state index is 0.371. The molecular weight excluding hydrogens is 236 g/mol. The molecule has 0 aliphatic heterocycles.